The number of hydrogen-bond donors (Lipinski definition) is 2. The Balaban J connectivity index is 1.75. The Labute approximate surface area is 158 Å². The lowest BCUT2D eigenvalue weighted by Crippen LogP contribution is -2.02. The van der Waals surface area contributed by atoms with E-state index in [1.807, 2.05) is 24.3 Å². The zero-order valence-electron chi connectivity index (χ0n) is 15.6. The first-order chi connectivity index (χ1) is 13.1. The van der Waals surface area contributed by atoms with Gasteiger partial charge in [-0.2, -0.15) is 0 Å². The first kappa shape index (κ1) is 18.4. The van der Waals surface area contributed by atoms with Crippen LogP contribution in [0.4, 0.5) is 23.0 Å². The summed E-state index contributed by atoms with van der Waals surface area (Å²) in [5.41, 5.74) is 3.57. The van der Waals surface area contributed by atoms with E-state index < -0.39 is 0 Å². The Hall–Kier alpha value is -3.41. The molecule has 0 aliphatic rings. The molecule has 0 fully saturated rings. The Kier molecular flexibility index (Phi) is 5.66. The van der Waals surface area contributed by atoms with Gasteiger partial charge in [-0.1, -0.05) is 32.0 Å². The van der Waals surface area contributed by atoms with Gasteiger partial charge in [0.1, 0.15) is 18.0 Å². The number of rotatable bonds is 6. The average molecular weight is 362 g/mol. The lowest BCUT2D eigenvalue weighted by molar-refractivity contribution is 0.0601. The summed E-state index contributed by atoms with van der Waals surface area (Å²) in [7, 11) is 1.36. The van der Waals surface area contributed by atoms with Crippen molar-refractivity contribution in [3.05, 3.63) is 72.1 Å². The number of carbonyl (C=O) groups excluding carboxylic acids is 1. The molecule has 0 unspecified atom stereocenters. The highest BCUT2D eigenvalue weighted by Crippen LogP contribution is 2.27. The van der Waals surface area contributed by atoms with Crippen LogP contribution in [0.5, 0.6) is 0 Å². The molecule has 2 N–H and O–H groups in total. The molecule has 0 amide bonds. The maximum Gasteiger partial charge on any atom is 0.337 e. The van der Waals surface area contributed by atoms with Crippen LogP contribution >= 0.6 is 0 Å². The van der Waals surface area contributed by atoms with Crippen LogP contribution in [0.25, 0.3) is 0 Å². The number of para-hydroxylation sites is 1. The van der Waals surface area contributed by atoms with Crippen LogP contribution in [0.15, 0.2) is 60.9 Å². The Morgan fingerprint density at radius 3 is 2.30 bits per heavy atom. The van der Waals surface area contributed by atoms with Gasteiger partial charge >= 0.3 is 5.97 Å². The van der Waals surface area contributed by atoms with Crippen molar-refractivity contribution in [2.45, 2.75) is 19.8 Å². The summed E-state index contributed by atoms with van der Waals surface area (Å²) in [6, 6.07) is 17.0. The summed E-state index contributed by atoms with van der Waals surface area (Å²) in [6.45, 7) is 4.32. The summed E-state index contributed by atoms with van der Waals surface area (Å²) in [4.78, 5) is 20.1. The van der Waals surface area contributed by atoms with Crippen molar-refractivity contribution in [2.75, 3.05) is 17.7 Å². The van der Waals surface area contributed by atoms with Crippen molar-refractivity contribution < 1.29 is 9.53 Å². The van der Waals surface area contributed by atoms with E-state index in [1.165, 1.54) is 19.0 Å². The maximum absolute atomic E-state index is 11.5. The van der Waals surface area contributed by atoms with Crippen LogP contribution in [-0.2, 0) is 4.74 Å². The van der Waals surface area contributed by atoms with Crippen LogP contribution in [0, 0.1) is 0 Å². The molecule has 2 aromatic carbocycles. The summed E-state index contributed by atoms with van der Waals surface area (Å²) >= 11 is 0. The first-order valence-corrected chi connectivity index (χ1v) is 8.70. The number of nitrogens with zero attached hydrogens (tertiary/aromatic N) is 2. The molecule has 0 radical (unpaired) electrons. The third-order valence-corrected chi connectivity index (χ3v) is 4.09. The van der Waals surface area contributed by atoms with Crippen LogP contribution in [0.1, 0.15) is 35.7 Å². The molecule has 6 heteroatoms. The van der Waals surface area contributed by atoms with Crippen LogP contribution < -0.4 is 10.6 Å². The van der Waals surface area contributed by atoms with E-state index >= 15 is 0 Å². The van der Waals surface area contributed by atoms with Gasteiger partial charge in [-0.15, -0.1) is 0 Å². The number of anilines is 4. The number of hydrogen-bond acceptors (Lipinski definition) is 6. The molecule has 6 nitrogen and oxygen atoms in total. The third kappa shape index (κ3) is 4.61. The van der Waals surface area contributed by atoms with Gasteiger partial charge in [0.2, 0.25) is 0 Å². The third-order valence-electron chi connectivity index (χ3n) is 4.09. The molecule has 138 valence electrons. The fraction of sp³-hybridized carbons (Fsp3) is 0.190. The number of nitrogens with one attached hydrogen (secondary N) is 2. The van der Waals surface area contributed by atoms with Gasteiger partial charge in [-0.25, -0.2) is 14.8 Å². The van der Waals surface area contributed by atoms with E-state index in [4.69, 9.17) is 4.74 Å². The number of esters is 1. The molecule has 1 heterocycles. The van der Waals surface area contributed by atoms with E-state index in [9.17, 15) is 4.79 Å². The molecule has 0 spiro atoms. The molecule has 0 bridgehead atoms. The number of benzene rings is 2. The summed E-state index contributed by atoms with van der Waals surface area (Å²) in [5, 5.41) is 6.57. The molecule has 1 aromatic heterocycles. The van der Waals surface area contributed by atoms with Crippen molar-refractivity contribution in [2.24, 2.45) is 0 Å². The summed E-state index contributed by atoms with van der Waals surface area (Å²) in [5.74, 6) is 1.40. The van der Waals surface area contributed by atoms with E-state index in [-0.39, 0.29) is 5.97 Å². The standard InChI is InChI=1S/C21H22N4O2/c1-14(2)17-6-4-5-7-18(17)25-20-12-19(22-13-23-20)24-16-10-8-15(9-11-16)21(26)27-3/h4-14H,1-3H3,(H2,22,23,24,25). The molecule has 0 saturated carbocycles. The van der Waals surface area contributed by atoms with E-state index in [0.29, 0.717) is 23.1 Å². The fourth-order valence-corrected chi connectivity index (χ4v) is 2.70. The molecule has 0 atom stereocenters. The molecule has 27 heavy (non-hydrogen) atoms. The van der Waals surface area contributed by atoms with Gasteiger partial charge in [0.15, 0.2) is 0 Å². The second-order valence-electron chi connectivity index (χ2n) is 6.35. The number of methoxy groups -OCH3 is 1. The predicted molar refractivity (Wildman–Crippen MR) is 107 cm³/mol. The van der Waals surface area contributed by atoms with E-state index in [0.717, 1.165) is 11.4 Å². The highest BCUT2D eigenvalue weighted by Gasteiger charge is 2.08. The number of aromatic nitrogens is 2. The molecular formula is C21H22N4O2. The van der Waals surface area contributed by atoms with Crippen LogP contribution in [0.3, 0.4) is 0 Å². The predicted octanol–water partition coefficient (Wildman–Crippen LogP) is 4.87. The van der Waals surface area contributed by atoms with Crippen molar-refractivity contribution >= 4 is 29.0 Å². The van der Waals surface area contributed by atoms with Gasteiger partial charge in [-0.05, 0) is 41.8 Å². The smallest absolute Gasteiger partial charge is 0.337 e. The maximum atomic E-state index is 11.5. The van der Waals surface area contributed by atoms with Gasteiger partial charge in [0.05, 0.1) is 12.7 Å². The monoisotopic (exact) mass is 362 g/mol. The second kappa shape index (κ2) is 8.31. The largest absolute Gasteiger partial charge is 0.465 e. The van der Waals surface area contributed by atoms with Crippen molar-refractivity contribution in [3.63, 3.8) is 0 Å². The van der Waals surface area contributed by atoms with E-state index in [2.05, 4.69) is 40.5 Å². The number of ether oxygens (including phenoxy) is 1. The lowest BCUT2D eigenvalue weighted by atomic mass is 10.0. The Bertz CT molecular complexity index is 923. The number of carbonyl (C=O) groups is 1. The minimum atomic E-state index is -0.362. The summed E-state index contributed by atoms with van der Waals surface area (Å²) < 4.78 is 4.70. The second-order valence-corrected chi connectivity index (χ2v) is 6.35. The van der Waals surface area contributed by atoms with Crippen molar-refractivity contribution in [1.29, 1.82) is 0 Å². The van der Waals surface area contributed by atoms with Gasteiger partial charge < -0.3 is 15.4 Å². The van der Waals surface area contributed by atoms with Crippen molar-refractivity contribution in [1.82, 2.24) is 9.97 Å². The zero-order valence-corrected chi connectivity index (χ0v) is 15.6. The average Bonchev–Trinajstić information content (AvgIpc) is 2.68. The fourth-order valence-electron chi connectivity index (χ4n) is 2.70. The Morgan fingerprint density at radius 2 is 1.63 bits per heavy atom. The topological polar surface area (TPSA) is 76.1 Å². The highest BCUT2D eigenvalue weighted by atomic mass is 16.5. The molecule has 0 aliphatic heterocycles. The van der Waals surface area contributed by atoms with Crippen LogP contribution in [-0.4, -0.2) is 23.0 Å². The molecule has 3 rings (SSSR count). The lowest BCUT2D eigenvalue weighted by Gasteiger charge is -2.14. The molecule has 0 saturated heterocycles. The normalized spacial score (nSPS) is 10.5. The van der Waals surface area contributed by atoms with Gasteiger partial charge in [0.25, 0.3) is 0 Å². The van der Waals surface area contributed by atoms with Gasteiger partial charge in [0, 0.05) is 17.4 Å². The zero-order chi connectivity index (χ0) is 19.2. The van der Waals surface area contributed by atoms with E-state index in [1.54, 1.807) is 24.3 Å². The van der Waals surface area contributed by atoms with Crippen molar-refractivity contribution in [3.8, 4) is 0 Å². The minimum Gasteiger partial charge on any atom is -0.465 e. The highest BCUT2D eigenvalue weighted by molar-refractivity contribution is 5.89. The summed E-state index contributed by atoms with van der Waals surface area (Å²) in [6.07, 6.45) is 1.51. The molecule has 0 aliphatic carbocycles. The molecule has 3 aromatic rings. The first-order valence-electron chi connectivity index (χ1n) is 8.70. The SMILES string of the molecule is COC(=O)c1ccc(Nc2cc(Nc3ccccc3C(C)C)ncn2)cc1. The Morgan fingerprint density at radius 1 is 0.963 bits per heavy atom. The van der Waals surface area contributed by atoms with Crippen LogP contribution in [0.2, 0.25) is 0 Å². The van der Waals surface area contributed by atoms with Gasteiger partial charge in [-0.3, -0.25) is 0 Å². The molecular weight excluding hydrogens is 340 g/mol. The quantitative estimate of drug-likeness (QED) is 0.609. The minimum absolute atomic E-state index is 0.362.